The van der Waals surface area contributed by atoms with E-state index in [9.17, 15) is 33.6 Å². The summed E-state index contributed by atoms with van der Waals surface area (Å²) in [6, 6.07) is -3.32. The number of carboxylic acid groups (broad SMARTS) is 4. The molecule has 0 spiro atoms. The van der Waals surface area contributed by atoms with Crippen molar-refractivity contribution in [2.75, 3.05) is 32.9 Å². The first-order valence-electron chi connectivity index (χ1n) is 12.7. The van der Waals surface area contributed by atoms with Crippen molar-refractivity contribution in [3.63, 3.8) is 0 Å². The Balaban J connectivity index is 0. The third kappa shape index (κ3) is 21.6. The summed E-state index contributed by atoms with van der Waals surface area (Å²) in [5, 5.41) is 46.6. The van der Waals surface area contributed by atoms with Crippen molar-refractivity contribution in [3.8, 4) is 0 Å². The number of aromatic nitrogens is 2. The highest BCUT2D eigenvalue weighted by Gasteiger charge is 2.24. The van der Waals surface area contributed by atoms with Gasteiger partial charge in [-0.15, -0.1) is 0 Å². The highest BCUT2D eigenvalue weighted by atomic mass is 32.2. The fourth-order valence-electron chi connectivity index (χ4n) is 2.60. The Kier molecular flexibility index (Phi) is 21.4. The van der Waals surface area contributed by atoms with E-state index in [0.717, 1.165) is 5.69 Å². The maximum Gasteiger partial charge on any atom is 0.322 e. The first-order valence-corrected chi connectivity index (χ1v) is 13.7. The molecule has 1 unspecified atom stereocenters. The van der Waals surface area contributed by atoms with Gasteiger partial charge in [-0.25, -0.2) is 4.98 Å². The van der Waals surface area contributed by atoms with E-state index >= 15 is 0 Å². The van der Waals surface area contributed by atoms with E-state index in [4.69, 9.17) is 37.0 Å². The molecule has 20 heteroatoms. The summed E-state index contributed by atoms with van der Waals surface area (Å²) in [6.07, 6.45) is 1.84. The maximum atomic E-state index is 11.9. The molecule has 1 aromatic heterocycles. The lowest BCUT2D eigenvalue weighted by Gasteiger charge is -2.18. The number of likely N-dealkylation sites (N-methyl/N-ethyl adjacent to an activating group) is 1. The molecule has 1 rings (SSSR count). The molecule has 0 aliphatic heterocycles. The van der Waals surface area contributed by atoms with Crippen LogP contribution in [0.5, 0.6) is 0 Å². The molecule has 0 aliphatic rings. The SMILES string of the molecule is CC(O)C(=O)SC[C@H](NC(=O)CC[C@H](N)C(=O)O)C(=O)NCC(=O)O.CN(C)CC(=O)O.Cn1cncc1C[C@H](N)C(=O)O. The number of thioether (sulfide) groups is 1. The highest BCUT2D eigenvalue weighted by molar-refractivity contribution is 8.13. The molecule has 0 fully saturated rings. The number of hydrogen-bond donors (Lipinski definition) is 9. The Morgan fingerprint density at radius 1 is 1.00 bits per heavy atom. The molecule has 1 heterocycles. The van der Waals surface area contributed by atoms with Gasteiger partial charge in [-0.2, -0.15) is 0 Å². The number of nitrogens with two attached hydrogens (primary N) is 2. The summed E-state index contributed by atoms with van der Waals surface area (Å²) in [4.78, 5) is 81.8. The number of amides is 2. The normalized spacial score (nSPS) is 13.0. The molecule has 11 N–H and O–H groups in total. The zero-order valence-corrected chi connectivity index (χ0v) is 25.5. The van der Waals surface area contributed by atoms with Gasteiger partial charge in [0.05, 0.1) is 12.9 Å². The summed E-state index contributed by atoms with van der Waals surface area (Å²) in [5.74, 6) is -6.09. The predicted octanol–water partition coefficient (Wildman–Crippen LogP) is -3.49. The number of imidazole rings is 1. The number of hydrogen-bond acceptors (Lipinski definition) is 13. The van der Waals surface area contributed by atoms with Gasteiger partial charge in [0.1, 0.15) is 30.8 Å². The summed E-state index contributed by atoms with van der Waals surface area (Å²) < 4.78 is 1.75. The number of carbonyl (C=O) groups is 7. The van der Waals surface area contributed by atoms with Crippen LogP contribution in [0.4, 0.5) is 0 Å². The second-order valence-corrected chi connectivity index (χ2v) is 10.3. The van der Waals surface area contributed by atoms with Crippen molar-refractivity contribution >= 4 is 52.6 Å². The lowest BCUT2D eigenvalue weighted by atomic mass is 10.1. The van der Waals surface area contributed by atoms with Gasteiger partial charge in [-0.05, 0) is 27.4 Å². The summed E-state index contributed by atoms with van der Waals surface area (Å²) >= 11 is 0.596. The average molecular weight is 652 g/mol. The molecule has 0 radical (unpaired) electrons. The second kappa shape index (κ2) is 22.4. The lowest BCUT2D eigenvalue weighted by Crippen LogP contribution is -2.49. The van der Waals surface area contributed by atoms with Crippen molar-refractivity contribution < 1.29 is 59.1 Å². The molecule has 44 heavy (non-hydrogen) atoms. The van der Waals surface area contributed by atoms with Gasteiger partial charge >= 0.3 is 23.9 Å². The lowest BCUT2D eigenvalue weighted by molar-refractivity contribution is -0.139. The van der Waals surface area contributed by atoms with E-state index in [0.29, 0.717) is 18.2 Å². The number of aliphatic carboxylic acids is 4. The molecular weight excluding hydrogens is 610 g/mol. The number of carbonyl (C=O) groups excluding carboxylic acids is 3. The van der Waals surface area contributed by atoms with Crippen LogP contribution in [0.15, 0.2) is 12.5 Å². The Bertz CT molecular complexity index is 1110. The molecule has 0 aliphatic carbocycles. The van der Waals surface area contributed by atoms with Crippen molar-refractivity contribution in [2.45, 2.75) is 50.4 Å². The quantitative estimate of drug-likeness (QED) is 0.0837. The average Bonchev–Trinajstić information content (AvgIpc) is 3.31. The smallest absolute Gasteiger partial charge is 0.322 e. The first kappa shape index (κ1) is 42.0. The van der Waals surface area contributed by atoms with Crippen LogP contribution in [0.2, 0.25) is 0 Å². The second-order valence-electron chi connectivity index (χ2n) is 9.30. The van der Waals surface area contributed by atoms with Crippen molar-refractivity contribution in [1.29, 1.82) is 0 Å². The van der Waals surface area contributed by atoms with E-state index in [2.05, 4.69) is 15.6 Å². The minimum absolute atomic E-state index is 0.111. The standard InChI is InChI=1S/C13H21N3O8S.C7H11N3O2.C4H9NO2/c1-6(17)13(24)25-5-8(11(21)15-4-10(19)20)16-9(18)3-2-7(14)12(22)23;1-10-4-9-3-5(10)2-6(8)7(11)12;1-5(2)3-4(6)7/h6-8,17H,2-5,14H2,1H3,(H,15,21)(H,16,18)(H,19,20)(H,22,23);3-4,6H,2,8H2,1H3,(H,11,12);3H2,1-2H3,(H,6,7)/t6?,7-,8-;6-;/m00./s1. The van der Waals surface area contributed by atoms with Gasteiger partial charge in [0.15, 0.2) is 0 Å². The zero-order valence-electron chi connectivity index (χ0n) is 24.7. The minimum Gasteiger partial charge on any atom is -0.480 e. The fraction of sp³-hybridized carbons (Fsp3) is 0.583. The largest absolute Gasteiger partial charge is 0.480 e. The topological polar surface area (TPSA) is 318 Å². The Labute approximate surface area is 257 Å². The number of aliphatic hydroxyl groups is 1. The molecule has 0 bridgehead atoms. The van der Waals surface area contributed by atoms with Gasteiger partial charge in [0.25, 0.3) is 0 Å². The van der Waals surface area contributed by atoms with Crippen LogP contribution in [0.3, 0.4) is 0 Å². The maximum absolute atomic E-state index is 11.9. The van der Waals surface area contributed by atoms with E-state index < -0.39 is 71.6 Å². The number of rotatable bonds is 16. The van der Waals surface area contributed by atoms with E-state index in [-0.39, 0.29) is 25.1 Å². The molecule has 19 nitrogen and oxygen atoms in total. The number of aliphatic hydroxyl groups excluding tert-OH is 1. The van der Waals surface area contributed by atoms with Crippen LogP contribution in [0, 0.1) is 0 Å². The predicted molar refractivity (Wildman–Crippen MR) is 155 cm³/mol. The molecule has 2 amide bonds. The summed E-state index contributed by atoms with van der Waals surface area (Å²) in [6.45, 7) is 0.671. The molecule has 4 atom stereocenters. The van der Waals surface area contributed by atoms with Crippen LogP contribution in [-0.2, 0) is 47.0 Å². The molecule has 0 saturated carbocycles. The van der Waals surface area contributed by atoms with Crippen LogP contribution in [-0.4, -0.2) is 138 Å². The van der Waals surface area contributed by atoms with Gasteiger partial charge in [0.2, 0.25) is 16.9 Å². The molecule has 250 valence electrons. The van der Waals surface area contributed by atoms with Gasteiger partial charge in [0, 0.05) is 37.5 Å². The van der Waals surface area contributed by atoms with Crippen LogP contribution < -0.4 is 22.1 Å². The van der Waals surface area contributed by atoms with E-state index in [1.54, 1.807) is 43.1 Å². The van der Waals surface area contributed by atoms with Crippen molar-refractivity contribution in [2.24, 2.45) is 18.5 Å². The Morgan fingerprint density at radius 2 is 1.57 bits per heavy atom. The third-order valence-electron chi connectivity index (χ3n) is 4.91. The Hall–Kier alpha value is -4.11. The van der Waals surface area contributed by atoms with Crippen molar-refractivity contribution in [3.05, 3.63) is 18.2 Å². The number of nitrogens with one attached hydrogen (secondary N) is 2. The number of carboxylic acids is 4. The molecular formula is C24H41N7O12S. The van der Waals surface area contributed by atoms with Crippen molar-refractivity contribution in [1.82, 2.24) is 25.1 Å². The summed E-state index contributed by atoms with van der Waals surface area (Å²) in [7, 11) is 5.24. The summed E-state index contributed by atoms with van der Waals surface area (Å²) in [5.41, 5.74) is 11.4. The van der Waals surface area contributed by atoms with Gasteiger partial charge in [-0.3, -0.25) is 38.5 Å². The van der Waals surface area contributed by atoms with E-state index in [1.165, 1.54) is 6.92 Å². The van der Waals surface area contributed by atoms with E-state index in [1.807, 2.05) is 0 Å². The van der Waals surface area contributed by atoms with Crippen LogP contribution in [0.25, 0.3) is 0 Å². The first-order chi connectivity index (χ1) is 20.3. The minimum atomic E-state index is -1.29. The Morgan fingerprint density at radius 3 is 1.95 bits per heavy atom. The number of nitrogens with zero attached hydrogens (tertiary/aromatic N) is 3. The highest BCUT2D eigenvalue weighted by Crippen LogP contribution is 2.09. The van der Waals surface area contributed by atoms with Crippen LogP contribution >= 0.6 is 11.8 Å². The third-order valence-corrected chi connectivity index (χ3v) is 6.04. The number of aryl methyl sites for hydroxylation is 1. The van der Waals surface area contributed by atoms with Gasteiger partial charge < -0.3 is 52.2 Å². The molecule has 1 aromatic rings. The monoisotopic (exact) mass is 651 g/mol. The zero-order chi connectivity index (χ0) is 34.6. The fourth-order valence-corrected chi connectivity index (χ4v) is 3.40. The van der Waals surface area contributed by atoms with Gasteiger partial charge in [-0.1, -0.05) is 11.8 Å². The molecule has 0 saturated heterocycles. The van der Waals surface area contributed by atoms with Crippen LogP contribution in [0.1, 0.15) is 25.5 Å². The molecule has 0 aromatic carbocycles.